The summed E-state index contributed by atoms with van der Waals surface area (Å²) >= 11 is 0. The third-order valence-electron chi connectivity index (χ3n) is 1.43. The van der Waals surface area contributed by atoms with E-state index < -0.39 is 10.0 Å². The highest BCUT2D eigenvalue weighted by Crippen LogP contribution is 2.34. The largest absolute Gasteiger partial charge is 0.213 e. The smallest absolute Gasteiger partial charge is 0.209 e. The zero-order chi connectivity index (χ0) is 7.12. The van der Waals surface area contributed by atoms with Crippen LogP contribution in [0.5, 0.6) is 0 Å². The summed E-state index contributed by atoms with van der Waals surface area (Å²) in [7, 11) is -2.97. The molecule has 0 aromatic rings. The number of sulfonamides is 1. The van der Waals surface area contributed by atoms with E-state index >= 15 is 0 Å². The van der Waals surface area contributed by atoms with Crippen molar-refractivity contribution in [1.82, 2.24) is 4.72 Å². The molecule has 0 spiro atoms. The van der Waals surface area contributed by atoms with Crippen molar-refractivity contribution in [3.63, 3.8) is 0 Å². The third kappa shape index (κ3) is 2.32. The quantitative estimate of drug-likeness (QED) is 0.604. The average Bonchev–Trinajstić information content (AvgIpc) is 2.12. The Morgan fingerprint density at radius 3 is 2.00 bits per heavy atom. The predicted octanol–water partition coefficient (Wildman–Crippen LogP) is 0.0881. The Morgan fingerprint density at radius 1 is 1.44 bits per heavy atom. The van der Waals surface area contributed by atoms with Crippen LogP contribution in [0.1, 0.15) is 19.8 Å². The van der Waals surface area contributed by atoms with Crippen molar-refractivity contribution in [2.45, 2.75) is 25.3 Å². The molecule has 1 saturated carbocycles. The van der Waals surface area contributed by atoms with Gasteiger partial charge in [-0.2, -0.15) is 0 Å². The van der Waals surface area contributed by atoms with Gasteiger partial charge in [0.25, 0.3) is 0 Å². The molecule has 54 valence electrons. The standard InChI is InChI=1S/C5H11NO2S/c1-5(3-4-5)6-9(2,7)8/h6H,3-4H2,1-2H3. The van der Waals surface area contributed by atoms with Gasteiger partial charge >= 0.3 is 0 Å². The van der Waals surface area contributed by atoms with Crippen LogP contribution in [0.3, 0.4) is 0 Å². The zero-order valence-corrected chi connectivity index (χ0v) is 6.46. The second-order valence-corrected chi connectivity index (χ2v) is 4.68. The Morgan fingerprint density at radius 2 is 1.89 bits per heavy atom. The summed E-state index contributed by atoms with van der Waals surface area (Å²) in [6, 6.07) is 0. The van der Waals surface area contributed by atoms with Crippen LogP contribution in [-0.4, -0.2) is 20.2 Å². The van der Waals surface area contributed by atoms with Gasteiger partial charge < -0.3 is 0 Å². The molecule has 0 radical (unpaired) electrons. The van der Waals surface area contributed by atoms with Crippen molar-refractivity contribution in [1.29, 1.82) is 0 Å². The van der Waals surface area contributed by atoms with Crippen LogP contribution in [0.4, 0.5) is 0 Å². The lowest BCUT2D eigenvalue weighted by molar-refractivity contribution is 0.564. The van der Waals surface area contributed by atoms with Gasteiger partial charge in [-0.15, -0.1) is 0 Å². The van der Waals surface area contributed by atoms with Gasteiger partial charge in [0, 0.05) is 5.54 Å². The van der Waals surface area contributed by atoms with Crippen molar-refractivity contribution in [2.75, 3.05) is 6.26 Å². The predicted molar refractivity (Wildman–Crippen MR) is 35.6 cm³/mol. The summed E-state index contributed by atoms with van der Waals surface area (Å²) in [5, 5.41) is 0. The monoisotopic (exact) mass is 149 g/mol. The minimum Gasteiger partial charge on any atom is -0.213 e. The first-order valence-electron chi connectivity index (χ1n) is 2.90. The highest BCUT2D eigenvalue weighted by molar-refractivity contribution is 7.88. The van der Waals surface area contributed by atoms with Crippen molar-refractivity contribution < 1.29 is 8.42 Å². The molecule has 1 fully saturated rings. The van der Waals surface area contributed by atoms with Crippen molar-refractivity contribution in [2.24, 2.45) is 0 Å². The third-order valence-corrected chi connectivity index (χ3v) is 2.30. The van der Waals surface area contributed by atoms with Crippen LogP contribution < -0.4 is 4.72 Å². The number of hydrogen-bond donors (Lipinski definition) is 1. The van der Waals surface area contributed by atoms with Gasteiger partial charge in [-0.1, -0.05) is 0 Å². The zero-order valence-electron chi connectivity index (χ0n) is 5.64. The molecule has 0 bridgehead atoms. The number of hydrogen-bond acceptors (Lipinski definition) is 2. The van der Waals surface area contributed by atoms with Gasteiger partial charge in [0.2, 0.25) is 10.0 Å². The lowest BCUT2D eigenvalue weighted by atomic mass is 10.4. The molecule has 0 aromatic heterocycles. The summed E-state index contributed by atoms with van der Waals surface area (Å²) in [5.41, 5.74) is -0.104. The minimum absolute atomic E-state index is 0.104. The van der Waals surface area contributed by atoms with E-state index in [1.165, 1.54) is 6.26 Å². The topological polar surface area (TPSA) is 46.2 Å². The van der Waals surface area contributed by atoms with Gasteiger partial charge in [0.1, 0.15) is 0 Å². The molecule has 1 aliphatic rings. The highest BCUT2D eigenvalue weighted by Gasteiger charge is 2.39. The summed E-state index contributed by atoms with van der Waals surface area (Å²) < 4.78 is 23.7. The fourth-order valence-corrected chi connectivity index (χ4v) is 1.84. The van der Waals surface area contributed by atoms with Crippen LogP contribution >= 0.6 is 0 Å². The molecule has 1 aliphatic carbocycles. The molecule has 3 nitrogen and oxygen atoms in total. The molecule has 1 rings (SSSR count). The van der Waals surface area contributed by atoms with E-state index in [1.807, 2.05) is 6.92 Å². The maximum atomic E-state index is 10.6. The van der Waals surface area contributed by atoms with Crippen LogP contribution in [0.25, 0.3) is 0 Å². The summed E-state index contributed by atoms with van der Waals surface area (Å²) in [6.07, 6.45) is 3.14. The van der Waals surface area contributed by atoms with Crippen LogP contribution in [0.15, 0.2) is 0 Å². The number of nitrogens with one attached hydrogen (secondary N) is 1. The molecule has 0 aliphatic heterocycles. The van der Waals surface area contributed by atoms with Gasteiger partial charge in [-0.3, -0.25) is 0 Å². The van der Waals surface area contributed by atoms with E-state index in [0.29, 0.717) is 0 Å². The van der Waals surface area contributed by atoms with Crippen molar-refractivity contribution in [3.8, 4) is 0 Å². The van der Waals surface area contributed by atoms with E-state index in [2.05, 4.69) is 4.72 Å². The maximum absolute atomic E-state index is 10.6. The summed E-state index contributed by atoms with van der Waals surface area (Å²) in [6.45, 7) is 1.91. The fraction of sp³-hybridized carbons (Fsp3) is 1.00. The molecule has 9 heavy (non-hydrogen) atoms. The average molecular weight is 149 g/mol. The van der Waals surface area contributed by atoms with E-state index in [0.717, 1.165) is 12.8 Å². The molecular weight excluding hydrogens is 138 g/mol. The minimum atomic E-state index is -2.97. The van der Waals surface area contributed by atoms with Gasteiger partial charge in [-0.25, -0.2) is 13.1 Å². The Hall–Kier alpha value is -0.0900. The molecule has 1 N–H and O–H groups in total. The van der Waals surface area contributed by atoms with Crippen LogP contribution in [0, 0.1) is 0 Å². The first-order chi connectivity index (χ1) is 3.91. The van der Waals surface area contributed by atoms with Gasteiger partial charge in [0.15, 0.2) is 0 Å². The van der Waals surface area contributed by atoms with E-state index in [4.69, 9.17) is 0 Å². The van der Waals surface area contributed by atoms with Gasteiger partial charge in [-0.05, 0) is 19.8 Å². The molecule has 0 unspecified atom stereocenters. The summed E-state index contributed by atoms with van der Waals surface area (Å²) in [4.78, 5) is 0. The summed E-state index contributed by atoms with van der Waals surface area (Å²) in [5.74, 6) is 0. The first kappa shape index (κ1) is 7.02. The normalized spacial score (nSPS) is 23.8. The van der Waals surface area contributed by atoms with E-state index in [9.17, 15) is 8.42 Å². The van der Waals surface area contributed by atoms with Crippen LogP contribution in [0.2, 0.25) is 0 Å². The van der Waals surface area contributed by atoms with Crippen molar-refractivity contribution in [3.05, 3.63) is 0 Å². The van der Waals surface area contributed by atoms with Gasteiger partial charge in [0.05, 0.1) is 6.26 Å². The van der Waals surface area contributed by atoms with E-state index in [-0.39, 0.29) is 5.54 Å². The Balaban J connectivity index is 2.53. The highest BCUT2D eigenvalue weighted by atomic mass is 32.2. The Kier molecular flexibility index (Phi) is 1.33. The fourth-order valence-electron chi connectivity index (χ4n) is 0.737. The first-order valence-corrected chi connectivity index (χ1v) is 4.79. The van der Waals surface area contributed by atoms with Crippen molar-refractivity contribution >= 4 is 10.0 Å². The molecule has 0 heterocycles. The molecule has 4 heteroatoms. The lowest BCUT2D eigenvalue weighted by Crippen LogP contribution is -2.33. The molecule has 0 aromatic carbocycles. The molecule has 0 saturated heterocycles. The second kappa shape index (κ2) is 1.70. The van der Waals surface area contributed by atoms with Crippen LogP contribution in [-0.2, 0) is 10.0 Å². The second-order valence-electron chi connectivity index (χ2n) is 2.93. The lowest BCUT2D eigenvalue weighted by Gasteiger charge is -2.06. The molecule has 0 atom stereocenters. The maximum Gasteiger partial charge on any atom is 0.209 e. The van der Waals surface area contributed by atoms with E-state index in [1.54, 1.807) is 0 Å². The molecular formula is C5H11NO2S. The Labute approximate surface area is 55.5 Å². The SMILES string of the molecule is CC1(NS(C)(=O)=O)CC1. The number of rotatable bonds is 2. The molecule has 0 amide bonds. The Bertz CT molecular complexity index is 203.